The third-order valence-electron chi connectivity index (χ3n) is 5.24. The number of benzene rings is 2. The van der Waals surface area contributed by atoms with Crippen molar-refractivity contribution in [3.8, 4) is 17.2 Å². The van der Waals surface area contributed by atoms with Crippen molar-refractivity contribution in [3.05, 3.63) is 59.7 Å². The number of tetrazole rings is 1. The van der Waals surface area contributed by atoms with Gasteiger partial charge in [0.2, 0.25) is 0 Å². The molecule has 0 saturated carbocycles. The third-order valence-corrected chi connectivity index (χ3v) is 5.24. The summed E-state index contributed by atoms with van der Waals surface area (Å²) in [5, 5.41) is 11.8. The van der Waals surface area contributed by atoms with E-state index in [9.17, 15) is 9.18 Å². The van der Waals surface area contributed by atoms with Gasteiger partial charge in [0.15, 0.2) is 17.3 Å². The molecule has 31 heavy (non-hydrogen) atoms. The van der Waals surface area contributed by atoms with Crippen LogP contribution in [-0.2, 0) is 6.54 Å². The minimum atomic E-state index is -0.348. The first-order valence-electron chi connectivity index (χ1n) is 9.86. The SMILES string of the molecule is COc1cccc(C(=O)N2CCN(Cc3nnnn3-c3cccc(F)c3)CC2)c1OC. The molecule has 2 aromatic carbocycles. The molecular formula is C21H23FN6O3. The molecule has 0 spiro atoms. The Balaban J connectivity index is 1.42. The molecule has 3 aromatic rings. The Bertz CT molecular complexity index is 1060. The topological polar surface area (TPSA) is 85.6 Å². The number of nitrogens with zero attached hydrogens (tertiary/aromatic N) is 6. The molecule has 1 aliphatic rings. The van der Waals surface area contributed by atoms with Crippen molar-refractivity contribution >= 4 is 5.91 Å². The summed E-state index contributed by atoms with van der Waals surface area (Å²) in [6.45, 7) is 2.93. The van der Waals surface area contributed by atoms with E-state index in [0.29, 0.717) is 61.3 Å². The highest BCUT2D eigenvalue weighted by Crippen LogP contribution is 2.31. The van der Waals surface area contributed by atoms with E-state index < -0.39 is 0 Å². The second-order valence-electron chi connectivity index (χ2n) is 7.10. The van der Waals surface area contributed by atoms with Gasteiger partial charge in [-0.3, -0.25) is 9.69 Å². The average molecular weight is 426 g/mol. The van der Waals surface area contributed by atoms with Gasteiger partial charge in [-0.05, 0) is 40.8 Å². The Morgan fingerprint density at radius 3 is 2.55 bits per heavy atom. The average Bonchev–Trinajstić information content (AvgIpc) is 3.26. The summed E-state index contributed by atoms with van der Waals surface area (Å²) in [6.07, 6.45) is 0. The largest absolute Gasteiger partial charge is 0.493 e. The van der Waals surface area contributed by atoms with Gasteiger partial charge in [-0.15, -0.1) is 5.10 Å². The van der Waals surface area contributed by atoms with Crippen LogP contribution in [0.5, 0.6) is 11.5 Å². The van der Waals surface area contributed by atoms with E-state index in [1.165, 1.54) is 23.9 Å². The molecule has 1 saturated heterocycles. The molecule has 1 aliphatic heterocycles. The van der Waals surface area contributed by atoms with E-state index >= 15 is 0 Å². The number of amides is 1. The number of carbonyl (C=O) groups is 1. The van der Waals surface area contributed by atoms with Crippen LogP contribution < -0.4 is 9.47 Å². The zero-order valence-corrected chi connectivity index (χ0v) is 17.4. The number of rotatable bonds is 6. The maximum atomic E-state index is 13.6. The standard InChI is InChI=1S/C21H23FN6O3/c1-30-18-8-4-7-17(20(18)31-2)21(29)27-11-9-26(10-12-27)14-19-23-24-25-28(19)16-6-3-5-15(22)13-16/h3-8,13H,9-12,14H2,1-2H3. The fraction of sp³-hybridized carbons (Fsp3) is 0.333. The van der Waals surface area contributed by atoms with Gasteiger partial charge in [-0.25, -0.2) is 4.39 Å². The van der Waals surface area contributed by atoms with Crippen LogP contribution in [0, 0.1) is 5.82 Å². The summed E-state index contributed by atoms with van der Waals surface area (Å²) >= 11 is 0. The molecular weight excluding hydrogens is 403 g/mol. The molecule has 1 amide bonds. The molecule has 0 aliphatic carbocycles. The Morgan fingerprint density at radius 1 is 1.06 bits per heavy atom. The second kappa shape index (κ2) is 9.09. The van der Waals surface area contributed by atoms with E-state index in [0.717, 1.165) is 0 Å². The third kappa shape index (κ3) is 4.33. The quantitative estimate of drug-likeness (QED) is 0.594. The predicted octanol–water partition coefficient (Wildman–Crippen LogP) is 1.78. The van der Waals surface area contributed by atoms with Gasteiger partial charge in [0.25, 0.3) is 5.91 Å². The number of para-hydroxylation sites is 1. The zero-order chi connectivity index (χ0) is 21.8. The van der Waals surface area contributed by atoms with Crippen LogP contribution in [0.4, 0.5) is 4.39 Å². The maximum Gasteiger partial charge on any atom is 0.257 e. The zero-order valence-electron chi connectivity index (χ0n) is 17.4. The van der Waals surface area contributed by atoms with Gasteiger partial charge < -0.3 is 14.4 Å². The molecule has 0 bridgehead atoms. The molecule has 1 fully saturated rings. The highest BCUT2D eigenvalue weighted by atomic mass is 19.1. The molecule has 9 nitrogen and oxygen atoms in total. The lowest BCUT2D eigenvalue weighted by atomic mass is 10.1. The number of carbonyl (C=O) groups excluding carboxylic acids is 1. The van der Waals surface area contributed by atoms with Crippen molar-refractivity contribution in [2.24, 2.45) is 0 Å². The molecule has 0 N–H and O–H groups in total. The summed E-state index contributed by atoms with van der Waals surface area (Å²) in [7, 11) is 3.07. The predicted molar refractivity (Wildman–Crippen MR) is 110 cm³/mol. The number of halogens is 1. The van der Waals surface area contributed by atoms with Crippen molar-refractivity contribution in [3.63, 3.8) is 0 Å². The van der Waals surface area contributed by atoms with Crippen LogP contribution in [-0.4, -0.2) is 76.3 Å². The molecule has 4 rings (SSSR count). The summed E-state index contributed by atoms with van der Waals surface area (Å²) in [6, 6.07) is 11.4. The van der Waals surface area contributed by atoms with Gasteiger partial charge >= 0.3 is 0 Å². The van der Waals surface area contributed by atoms with Gasteiger partial charge in [0.05, 0.1) is 32.0 Å². The number of methoxy groups -OCH3 is 2. The van der Waals surface area contributed by atoms with Crippen molar-refractivity contribution in [2.75, 3.05) is 40.4 Å². The van der Waals surface area contributed by atoms with Crippen molar-refractivity contribution in [1.82, 2.24) is 30.0 Å². The lowest BCUT2D eigenvalue weighted by Gasteiger charge is -2.34. The molecule has 10 heteroatoms. The van der Waals surface area contributed by atoms with Crippen LogP contribution in [0.2, 0.25) is 0 Å². The number of piperazine rings is 1. The molecule has 0 radical (unpaired) electrons. The molecule has 0 atom stereocenters. The van der Waals surface area contributed by atoms with Crippen LogP contribution in [0.1, 0.15) is 16.2 Å². The Labute approximate surface area is 179 Å². The van der Waals surface area contributed by atoms with Crippen LogP contribution >= 0.6 is 0 Å². The second-order valence-corrected chi connectivity index (χ2v) is 7.10. The van der Waals surface area contributed by atoms with E-state index in [1.54, 1.807) is 42.3 Å². The van der Waals surface area contributed by atoms with Gasteiger partial charge in [-0.1, -0.05) is 12.1 Å². The number of hydrogen-bond donors (Lipinski definition) is 0. The smallest absolute Gasteiger partial charge is 0.257 e. The molecule has 1 aromatic heterocycles. The molecule has 2 heterocycles. The highest BCUT2D eigenvalue weighted by molar-refractivity contribution is 5.97. The fourth-order valence-corrected chi connectivity index (χ4v) is 3.65. The fourth-order valence-electron chi connectivity index (χ4n) is 3.65. The van der Waals surface area contributed by atoms with E-state index in [-0.39, 0.29) is 11.7 Å². The summed E-state index contributed by atoms with van der Waals surface area (Å²) in [5.41, 5.74) is 1.05. The minimum absolute atomic E-state index is 0.0972. The van der Waals surface area contributed by atoms with Gasteiger partial charge in [0.1, 0.15) is 5.82 Å². The summed E-state index contributed by atoms with van der Waals surface area (Å²) in [5.74, 6) is 1.13. The summed E-state index contributed by atoms with van der Waals surface area (Å²) < 4.78 is 25.8. The first kappa shape index (κ1) is 20.7. The number of hydrogen-bond acceptors (Lipinski definition) is 7. The maximum absolute atomic E-state index is 13.6. The number of ether oxygens (including phenoxy) is 2. The van der Waals surface area contributed by atoms with Crippen molar-refractivity contribution in [1.29, 1.82) is 0 Å². The summed E-state index contributed by atoms with van der Waals surface area (Å²) in [4.78, 5) is 17.0. The van der Waals surface area contributed by atoms with E-state index in [2.05, 4.69) is 20.4 Å². The van der Waals surface area contributed by atoms with Crippen LogP contribution in [0.3, 0.4) is 0 Å². The monoisotopic (exact) mass is 426 g/mol. The van der Waals surface area contributed by atoms with E-state index in [4.69, 9.17) is 9.47 Å². The highest BCUT2D eigenvalue weighted by Gasteiger charge is 2.26. The van der Waals surface area contributed by atoms with Gasteiger partial charge in [0, 0.05) is 26.2 Å². The molecule has 162 valence electrons. The Morgan fingerprint density at radius 2 is 1.84 bits per heavy atom. The normalized spacial score (nSPS) is 14.5. The first-order valence-corrected chi connectivity index (χ1v) is 9.86. The first-order chi connectivity index (χ1) is 15.1. The van der Waals surface area contributed by atoms with Crippen molar-refractivity contribution < 1.29 is 18.7 Å². The Hall–Kier alpha value is -3.53. The Kier molecular flexibility index (Phi) is 6.08. The minimum Gasteiger partial charge on any atom is -0.493 e. The van der Waals surface area contributed by atoms with Gasteiger partial charge in [-0.2, -0.15) is 4.68 Å². The van der Waals surface area contributed by atoms with Crippen LogP contribution in [0.25, 0.3) is 5.69 Å². The molecule has 0 unspecified atom stereocenters. The lowest BCUT2D eigenvalue weighted by molar-refractivity contribution is 0.0620. The number of aromatic nitrogens is 4. The van der Waals surface area contributed by atoms with Crippen molar-refractivity contribution in [2.45, 2.75) is 6.54 Å². The lowest BCUT2D eigenvalue weighted by Crippen LogP contribution is -2.48. The van der Waals surface area contributed by atoms with E-state index in [1.807, 2.05) is 0 Å². The van der Waals surface area contributed by atoms with Crippen LogP contribution in [0.15, 0.2) is 42.5 Å².